The summed E-state index contributed by atoms with van der Waals surface area (Å²) in [5.74, 6) is 0.453. The van der Waals surface area contributed by atoms with Crippen molar-refractivity contribution in [3.8, 4) is 0 Å². The van der Waals surface area contributed by atoms with E-state index in [0.717, 1.165) is 31.5 Å². The first-order chi connectivity index (χ1) is 11.5. The van der Waals surface area contributed by atoms with Gasteiger partial charge >= 0.3 is 0 Å². The van der Waals surface area contributed by atoms with Gasteiger partial charge in [0.2, 0.25) is 0 Å². The van der Waals surface area contributed by atoms with E-state index in [0.29, 0.717) is 18.5 Å². The topological polar surface area (TPSA) is 58.4 Å². The van der Waals surface area contributed by atoms with Gasteiger partial charge in [0.1, 0.15) is 0 Å². The molecule has 2 atom stereocenters. The normalized spacial score (nSPS) is 19.6. The number of carbonyl (C=O) groups is 1. The zero-order valence-electron chi connectivity index (χ0n) is 16.2. The van der Waals surface area contributed by atoms with E-state index >= 15 is 0 Å². The van der Waals surface area contributed by atoms with Crippen LogP contribution in [0.3, 0.4) is 0 Å². The minimum Gasteiger partial charge on any atom is -0.349 e. The number of nitrogens with one attached hydrogen (secondary N) is 1. The van der Waals surface area contributed by atoms with Crippen molar-refractivity contribution in [3.05, 3.63) is 35.4 Å². The van der Waals surface area contributed by atoms with E-state index in [1.165, 1.54) is 18.4 Å². The number of hydrogen-bond acceptors (Lipinski definition) is 3. The van der Waals surface area contributed by atoms with Crippen LogP contribution < -0.4 is 11.1 Å². The molecule has 0 bridgehead atoms. The van der Waals surface area contributed by atoms with Crippen LogP contribution in [-0.2, 0) is 6.54 Å². The third-order valence-corrected chi connectivity index (χ3v) is 5.27. The van der Waals surface area contributed by atoms with Gasteiger partial charge in [-0.2, -0.15) is 0 Å². The number of rotatable bonds is 7. The summed E-state index contributed by atoms with van der Waals surface area (Å²) >= 11 is 0. The van der Waals surface area contributed by atoms with E-state index in [1.807, 2.05) is 12.1 Å². The molecule has 26 heavy (non-hydrogen) atoms. The predicted molar refractivity (Wildman–Crippen MR) is 114 cm³/mol. The van der Waals surface area contributed by atoms with Gasteiger partial charge in [-0.1, -0.05) is 31.9 Å². The Morgan fingerprint density at radius 1 is 1.19 bits per heavy atom. The van der Waals surface area contributed by atoms with Crippen molar-refractivity contribution in [1.29, 1.82) is 0 Å². The molecular weight excluding hydrogens is 369 g/mol. The summed E-state index contributed by atoms with van der Waals surface area (Å²) in [5.41, 5.74) is 7.85. The Hall–Kier alpha value is -0.810. The largest absolute Gasteiger partial charge is 0.349 e. The van der Waals surface area contributed by atoms with Crippen LogP contribution in [0, 0.1) is 5.92 Å². The summed E-state index contributed by atoms with van der Waals surface area (Å²) in [6, 6.07) is 8.78. The highest BCUT2D eigenvalue weighted by molar-refractivity contribution is 5.94. The van der Waals surface area contributed by atoms with Crippen LogP contribution in [0.5, 0.6) is 0 Å². The van der Waals surface area contributed by atoms with Crippen molar-refractivity contribution in [2.24, 2.45) is 11.7 Å². The van der Waals surface area contributed by atoms with Crippen LogP contribution in [-0.4, -0.2) is 36.0 Å². The monoisotopic (exact) mass is 403 g/mol. The molecule has 0 heterocycles. The fourth-order valence-electron chi connectivity index (χ4n) is 3.59. The highest BCUT2D eigenvalue weighted by atomic mass is 35.5. The second kappa shape index (κ2) is 12.6. The average Bonchev–Trinajstić information content (AvgIpc) is 2.60. The number of benzene rings is 1. The van der Waals surface area contributed by atoms with Crippen LogP contribution >= 0.6 is 24.8 Å². The maximum Gasteiger partial charge on any atom is 0.251 e. The van der Waals surface area contributed by atoms with Crippen LogP contribution in [0.25, 0.3) is 0 Å². The zero-order chi connectivity index (χ0) is 17.5. The second-order valence-corrected chi connectivity index (χ2v) is 7.21. The highest BCUT2D eigenvalue weighted by Gasteiger charge is 2.25. The molecule has 0 aromatic heterocycles. The summed E-state index contributed by atoms with van der Waals surface area (Å²) < 4.78 is 0. The Labute approximate surface area is 171 Å². The van der Waals surface area contributed by atoms with Crippen LogP contribution in [0.15, 0.2) is 24.3 Å². The van der Waals surface area contributed by atoms with E-state index in [1.54, 1.807) is 0 Å². The lowest BCUT2D eigenvalue weighted by atomic mass is 9.84. The smallest absolute Gasteiger partial charge is 0.251 e. The van der Waals surface area contributed by atoms with Crippen LogP contribution in [0.4, 0.5) is 0 Å². The van der Waals surface area contributed by atoms with Gasteiger partial charge in [-0.15, -0.1) is 24.8 Å². The molecule has 1 amide bonds. The van der Waals surface area contributed by atoms with Gasteiger partial charge in [0, 0.05) is 24.2 Å². The third kappa shape index (κ3) is 7.07. The van der Waals surface area contributed by atoms with Crippen molar-refractivity contribution < 1.29 is 4.79 Å². The summed E-state index contributed by atoms with van der Waals surface area (Å²) in [5, 5.41) is 3.20. The standard InChI is InChI=1S/C20H33N3O.2ClH/c1-4-23(15(2)3)14-16-9-11-17(12-10-16)20(24)22-19-8-6-5-7-18(19)13-21;;/h9-12,15,18-19H,4-8,13-14,21H2,1-3H3,(H,22,24);2*1H. The number of amides is 1. The Balaban J connectivity index is 0.00000312. The average molecular weight is 404 g/mol. The molecule has 1 saturated carbocycles. The first-order valence-corrected chi connectivity index (χ1v) is 9.39. The minimum absolute atomic E-state index is 0. The Morgan fingerprint density at radius 3 is 2.35 bits per heavy atom. The minimum atomic E-state index is 0. The molecule has 2 unspecified atom stereocenters. The van der Waals surface area contributed by atoms with Gasteiger partial charge in [0.15, 0.2) is 0 Å². The van der Waals surface area contributed by atoms with Crippen molar-refractivity contribution in [2.45, 2.75) is 65.1 Å². The molecule has 1 aromatic rings. The number of carbonyl (C=O) groups excluding carboxylic acids is 1. The van der Waals surface area contributed by atoms with Crippen molar-refractivity contribution >= 4 is 30.7 Å². The lowest BCUT2D eigenvalue weighted by molar-refractivity contribution is 0.0908. The molecular formula is C20H35Cl2N3O. The Bertz CT molecular complexity index is 522. The van der Waals surface area contributed by atoms with E-state index < -0.39 is 0 Å². The number of nitrogens with zero attached hydrogens (tertiary/aromatic N) is 1. The number of halogens is 2. The van der Waals surface area contributed by atoms with Gasteiger partial charge in [-0.25, -0.2) is 0 Å². The molecule has 4 nitrogen and oxygen atoms in total. The Morgan fingerprint density at radius 2 is 1.81 bits per heavy atom. The first kappa shape index (κ1) is 25.2. The quantitative estimate of drug-likeness (QED) is 0.722. The molecule has 0 saturated heterocycles. The molecule has 1 aliphatic carbocycles. The molecule has 0 aliphatic heterocycles. The van der Waals surface area contributed by atoms with E-state index in [-0.39, 0.29) is 36.8 Å². The lowest BCUT2D eigenvalue weighted by Gasteiger charge is -2.31. The van der Waals surface area contributed by atoms with Crippen molar-refractivity contribution in [1.82, 2.24) is 10.2 Å². The molecule has 1 aliphatic rings. The lowest BCUT2D eigenvalue weighted by Crippen LogP contribution is -2.44. The summed E-state index contributed by atoms with van der Waals surface area (Å²) in [6.45, 7) is 9.22. The molecule has 2 rings (SSSR count). The van der Waals surface area contributed by atoms with Gasteiger partial charge in [-0.3, -0.25) is 9.69 Å². The molecule has 150 valence electrons. The molecule has 1 aromatic carbocycles. The number of nitrogens with two attached hydrogens (primary N) is 1. The third-order valence-electron chi connectivity index (χ3n) is 5.27. The maximum absolute atomic E-state index is 12.5. The van der Waals surface area contributed by atoms with Gasteiger partial charge in [0.05, 0.1) is 0 Å². The van der Waals surface area contributed by atoms with E-state index in [9.17, 15) is 4.79 Å². The molecule has 0 radical (unpaired) electrons. The summed E-state index contributed by atoms with van der Waals surface area (Å²) in [6.07, 6.45) is 4.59. The number of hydrogen-bond donors (Lipinski definition) is 2. The second-order valence-electron chi connectivity index (χ2n) is 7.21. The van der Waals surface area contributed by atoms with E-state index in [4.69, 9.17) is 5.73 Å². The van der Waals surface area contributed by atoms with Crippen LogP contribution in [0.1, 0.15) is 62.4 Å². The predicted octanol–water partition coefficient (Wildman–Crippen LogP) is 4.01. The van der Waals surface area contributed by atoms with Crippen LogP contribution in [0.2, 0.25) is 0 Å². The maximum atomic E-state index is 12.5. The Kier molecular flexibility index (Phi) is 12.2. The fraction of sp³-hybridized carbons (Fsp3) is 0.650. The van der Waals surface area contributed by atoms with Crippen molar-refractivity contribution in [2.75, 3.05) is 13.1 Å². The van der Waals surface area contributed by atoms with Crippen molar-refractivity contribution in [3.63, 3.8) is 0 Å². The summed E-state index contributed by atoms with van der Waals surface area (Å²) in [7, 11) is 0. The van der Waals surface area contributed by atoms with Gasteiger partial charge in [-0.05, 0) is 63.4 Å². The molecule has 6 heteroatoms. The first-order valence-electron chi connectivity index (χ1n) is 9.39. The highest BCUT2D eigenvalue weighted by Crippen LogP contribution is 2.23. The SMILES string of the molecule is CCN(Cc1ccc(C(=O)NC2CCCCC2CN)cc1)C(C)C.Cl.Cl. The zero-order valence-corrected chi connectivity index (χ0v) is 17.9. The van der Waals surface area contributed by atoms with Gasteiger partial charge in [0.25, 0.3) is 5.91 Å². The molecule has 3 N–H and O–H groups in total. The molecule has 0 spiro atoms. The molecule has 1 fully saturated rings. The van der Waals surface area contributed by atoms with E-state index in [2.05, 4.69) is 43.1 Å². The summed E-state index contributed by atoms with van der Waals surface area (Å²) in [4.78, 5) is 14.9. The fourth-order valence-corrected chi connectivity index (χ4v) is 3.59. The van der Waals surface area contributed by atoms with Gasteiger partial charge < -0.3 is 11.1 Å².